The molecule has 5 atom stereocenters. The quantitative estimate of drug-likeness (QED) is 0.0954. The number of aliphatic hydroxyl groups excluding tert-OH is 3. The number of amides is 2. The second kappa shape index (κ2) is 15.2. The van der Waals surface area contributed by atoms with Gasteiger partial charge in [0, 0.05) is 49.6 Å². The smallest absolute Gasteiger partial charge is 0.319 e. The molecule has 1 saturated heterocycles. The van der Waals surface area contributed by atoms with E-state index in [-0.39, 0.29) is 36.1 Å². The zero-order chi connectivity index (χ0) is 38.1. The number of hydrogen-bond donors (Lipinski definition) is 8. The Hall–Kier alpha value is -6.30. The summed E-state index contributed by atoms with van der Waals surface area (Å²) in [6, 6.07) is 15.7. The minimum Gasteiger partial charge on any atom is -0.508 e. The third-order valence-electron chi connectivity index (χ3n) is 10.4. The Bertz CT molecular complexity index is 2200. The van der Waals surface area contributed by atoms with E-state index in [4.69, 9.17) is 15.0 Å². The first-order valence-corrected chi connectivity index (χ1v) is 18.0. The summed E-state index contributed by atoms with van der Waals surface area (Å²) in [4.78, 5) is 33.5. The minimum absolute atomic E-state index is 0.143. The van der Waals surface area contributed by atoms with E-state index in [9.17, 15) is 30.3 Å². The number of urea groups is 1. The number of aromatic nitrogens is 7. The Labute approximate surface area is 315 Å². The fourth-order valence-electron chi connectivity index (χ4n) is 7.47. The second-order valence-corrected chi connectivity index (χ2v) is 13.9. The first kappa shape index (κ1) is 35.7. The van der Waals surface area contributed by atoms with Crippen LogP contribution in [0.4, 0.5) is 22.2 Å². The minimum atomic E-state index is -1.17. The number of fused-ring (bicyclic) bond motifs is 1. The number of anilines is 3. The summed E-state index contributed by atoms with van der Waals surface area (Å²) in [5.74, 6) is 0.898. The maximum Gasteiger partial charge on any atom is 0.319 e. The molecule has 8 N–H and O–H groups in total. The Morgan fingerprint density at radius 1 is 0.927 bits per heavy atom. The highest BCUT2D eigenvalue weighted by molar-refractivity contribution is 5.89. The van der Waals surface area contributed by atoms with E-state index >= 15 is 0 Å². The van der Waals surface area contributed by atoms with E-state index < -0.39 is 24.3 Å². The van der Waals surface area contributed by atoms with Crippen molar-refractivity contribution >= 4 is 34.6 Å². The van der Waals surface area contributed by atoms with Gasteiger partial charge in [-0.05, 0) is 60.4 Å². The second-order valence-electron chi connectivity index (χ2n) is 13.9. The zero-order valence-corrected chi connectivity index (χ0v) is 29.6. The molecule has 2 amide bonds. The van der Waals surface area contributed by atoms with Gasteiger partial charge >= 0.3 is 6.03 Å². The third-order valence-corrected chi connectivity index (χ3v) is 10.4. The maximum absolute atomic E-state index is 12.8. The molecule has 1 saturated carbocycles. The van der Waals surface area contributed by atoms with Gasteiger partial charge in [0.15, 0.2) is 17.0 Å². The molecule has 5 heterocycles. The molecule has 6 aromatic rings. The standard InChI is InChI=1S/C38H41N11O6/c50-20-22-15-42-49(18-22)31-14-30(33(53)34(31)54)48-21-41-32-35(40-17-29(23-3-7-27(51)8-4-23)24-5-9-28(52)10-6-24)45-37(46-36(32)48)47-13-11-26(19-47)44-38(55)43-25-2-1-12-39-16-25/h1-10,12,15-16,18,21,26,29-31,33-34,50-54H,11,13-14,17,19-20H2,(H,40,45,46)(H2,43,44,55)/t26-,30?,31?,33?,34?/m1/s1. The van der Waals surface area contributed by atoms with E-state index in [2.05, 4.69) is 26.0 Å². The molecule has 4 unspecified atom stereocenters. The van der Waals surface area contributed by atoms with Crippen LogP contribution in [0.25, 0.3) is 11.2 Å². The van der Waals surface area contributed by atoms with E-state index in [0.29, 0.717) is 66.7 Å². The summed E-state index contributed by atoms with van der Waals surface area (Å²) in [6.45, 7) is 1.15. The summed E-state index contributed by atoms with van der Waals surface area (Å²) in [5.41, 5.74) is 3.91. The van der Waals surface area contributed by atoms with E-state index in [1.807, 2.05) is 29.2 Å². The monoisotopic (exact) mass is 747 g/mol. The number of benzene rings is 2. The van der Waals surface area contributed by atoms with Crippen LogP contribution in [0.15, 0.2) is 91.8 Å². The van der Waals surface area contributed by atoms with Crippen molar-refractivity contribution in [2.45, 2.75) is 55.7 Å². The lowest BCUT2D eigenvalue weighted by Crippen LogP contribution is -2.40. The Kier molecular flexibility index (Phi) is 9.88. The number of imidazole rings is 1. The van der Waals surface area contributed by atoms with Gasteiger partial charge in [-0.1, -0.05) is 24.3 Å². The number of phenols is 2. The molecule has 0 radical (unpaired) electrons. The average molecular weight is 748 g/mol. The van der Waals surface area contributed by atoms with Crippen molar-refractivity contribution in [3.63, 3.8) is 0 Å². The number of carbonyl (C=O) groups excluding carboxylic acids is 1. The largest absolute Gasteiger partial charge is 0.508 e. The number of aliphatic hydroxyl groups is 3. The normalized spacial score (nSPS) is 21.0. The van der Waals surface area contributed by atoms with Crippen LogP contribution in [-0.4, -0.2) is 104 Å². The lowest BCUT2D eigenvalue weighted by Gasteiger charge is -2.22. The summed E-state index contributed by atoms with van der Waals surface area (Å²) < 4.78 is 3.33. The van der Waals surface area contributed by atoms with Gasteiger partial charge in [0.1, 0.15) is 23.7 Å². The lowest BCUT2D eigenvalue weighted by atomic mass is 9.91. The number of carbonyl (C=O) groups is 1. The molecule has 2 fully saturated rings. The van der Waals surface area contributed by atoms with Gasteiger partial charge < -0.3 is 51.0 Å². The van der Waals surface area contributed by atoms with Crippen LogP contribution in [0, 0.1) is 0 Å². The summed E-state index contributed by atoms with van der Waals surface area (Å²) >= 11 is 0. The molecule has 17 heteroatoms. The van der Waals surface area contributed by atoms with Crippen molar-refractivity contribution < 1.29 is 30.3 Å². The van der Waals surface area contributed by atoms with Crippen LogP contribution in [0.3, 0.4) is 0 Å². The molecular formula is C38H41N11O6. The number of phenolic OH excluding ortho intramolecular Hbond substituents is 2. The Balaban J connectivity index is 1.11. The first-order valence-electron chi connectivity index (χ1n) is 18.0. The van der Waals surface area contributed by atoms with E-state index in [0.717, 1.165) is 11.1 Å². The third kappa shape index (κ3) is 7.44. The summed E-state index contributed by atoms with van der Waals surface area (Å²) in [6.07, 6.45) is 6.61. The van der Waals surface area contributed by atoms with Crippen molar-refractivity contribution in [1.29, 1.82) is 0 Å². The predicted molar refractivity (Wildman–Crippen MR) is 202 cm³/mol. The van der Waals surface area contributed by atoms with Gasteiger partial charge in [-0.15, -0.1) is 0 Å². The molecule has 17 nitrogen and oxygen atoms in total. The molecular weight excluding hydrogens is 706 g/mol. The summed E-state index contributed by atoms with van der Waals surface area (Å²) in [7, 11) is 0. The number of pyridine rings is 1. The molecule has 2 aliphatic rings. The van der Waals surface area contributed by atoms with Gasteiger partial charge in [0.05, 0.1) is 43.1 Å². The van der Waals surface area contributed by atoms with Crippen LogP contribution in [0.5, 0.6) is 11.5 Å². The highest BCUT2D eigenvalue weighted by Crippen LogP contribution is 2.40. The van der Waals surface area contributed by atoms with Crippen molar-refractivity contribution in [3.05, 3.63) is 108 Å². The molecule has 284 valence electrons. The molecule has 1 aliphatic carbocycles. The van der Waals surface area contributed by atoms with Gasteiger partial charge in [-0.25, -0.2) is 9.78 Å². The van der Waals surface area contributed by atoms with Gasteiger partial charge in [-0.2, -0.15) is 15.1 Å². The van der Waals surface area contributed by atoms with Crippen LogP contribution in [-0.2, 0) is 6.61 Å². The van der Waals surface area contributed by atoms with Crippen LogP contribution < -0.4 is 20.9 Å². The predicted octanol–water partition coefficient (Wildman–Crippen LogP) is 2.87. The van der Waals surface area contributed by atoms with Crippen molar-refractivity contribution in [1.82, 2.24) is 39.6 Å². The van der Waals surface area contributed by atoms with Gasteiger partial charge in [-0.3, -0.25) is 9.67 Å². The maximum atomic E-state index is 12.8. The Morgan fingerprint density at radius 3 is 2.33 bits per heavy atom. The molecule has 0 spiro atoms. The van der Waals surface area contributed by atoms with Gasteiger partial charge in [0.2, 0.25) is 5.95 Å². The Morgan fingerprint density at radius 2 is 1.65 bits per heavy atom. The number of hydrogen-bond acceptors (Lipinski definition) is 13. The topological polar surface area (TPSA) is 232 Å². The molecule has 8 rings (SSSR count). The highest BCUT2D eigenvalue weighted by atomic mass is 16.3. The van der Waals surface area contributed by atoms with E-state index in [1.165, 1.54) is 6.20 Å². The number of nitrogens with one attached hydrogen (secondary N) is 3. The van der Waals surface area contributed by atoms with Gasteiger partial charge in [0.25, 0.3) is 0 Å². The molecule has 2 aromatic carbocycles. The molecule has 4 aromatic heterocycles. The van der Waals surface area contributed by atoms with Crippen molar-refractivity contribution in [2.75, 3.05) is 35.2 Å². The van der Waals surface area contributed by atoms with Crippen molar-refractivity contribution in [2.24, 2.45) is 0 Å². The highest BCUT2D eigenvalue weighted by Gasteiger charge is 2.44. The zero-order valence-electron chi connectivity index (χ0n) is 29.6. The molecule has 55 heavy (non-hydrogen) atoms. The SMILES string of the molecule is O=C(Nc1cccnc1)N[C@@H]1CCN(c2nc(NCC(c3ccc(O)cc3)c3ccc(O)cc3)c3ncn(C4CC(n5cc(CO)cn5)C(O)C4O)c3n2)C1. The van der Waals surface area contributed by atoms with Crippen molar-refractivity contribution in [3.8, 4) is 11.5 Å². The lowest BCUT2D eigenvalue weighted by molar-refractivity contribution is 0.00720. The molecule has 1 aliphatic heterocycles. The van der Waals surface area contributed by atoms with Crippen LogP contribution in [0.2, 0.25) is 0 Å². The first-order chi connectivity index (χ1) is 26.7. The summed E-state index contributed by atoms with van der Waals surface area (Å²) in [5, 5.41) is 65.8. The molecule has 0 bridgehead atoms. The number of rotatable bonds is 11. The number of aromatic hydroxyl groups is 2. The fourth-order valence-corrected chi connectivity index (χ4v) is 7.47. The fraction of sp³-hybridized carbons (Fsp3) is 0.316. The number of nitrogens with zero attached hydrogens (tertiary/aromatic N) is 8. The van der Waals surface area contributed by atoms with Crippen LogP contribution in [0.1, 0.15) is 47.5 Å². The van der Waals surface area contributed by atoms with Crippen LogP contribution >= 0.6 is 0 Å². The average Bonchev–Trinajstić information content (AvgIpc) is 4.01. The van der Waals surface area contributed by atoms with E-state index in [1.54, 1.807) is 70.6 Å².